The van der Waals surface area contributed by atoms with Gasteiger partial charge in [0.1, 0.15) is 11.5 Å². The van der Waals surface area contributed by atoms with Crippen molar-refractivity contribution in [1.82, 2.24) is 0 Å². The van der Waals surface area contributed by atoms with Crippen LogP contribution in [0.15, 0.2) is 73.2 Å². The number of carbonyl (C=O) groups is 2. The molecule has 2 aromatic rings. The molecule has 11 nitrogen and oxygen atoms in total. The van der Waals surface area contributed by atoms with Gasteiger partial charge >= 0.3 is 27.4 Å². The molecule has 0 amide bonds. The zero-order valence-corrected chi connectivity index (χ0v) is 26.5. The van der Waals surface area contributed by atoms with E-state index in [1.54, 1.807) is 76.2 Å². The van der Waals surface area contributed by atoms with E-state index in [0.29, 0.717) is 0 Å². The Kier molecular flexibility index (Phi) is 12.8. The van der Waals surface area contributed by atoms with Crippen molar-refractivity contribution in [1.29, 1.82) is 0 Å². The average molecular weight is 625 g/mol. The van der Waals surface area contributed by atoms with Crippen molar-refractivity contribution in [3.8, 4) is 11.5 Å². The van der Waals surface area contributed by atoms with Gasteiger partial charge in [0, 0.05) is 5.41 Å². The number of hydrogen-bond donors (Lipinski definition) is 0. The summed E-state index contributed by atoms with van der Waals surface area (Å²) in [6, 6.07) is 13.6. The van der Waals surface area contributed by atoms with Crippen LogP contribution in [0.5, 0.6) is 11.5 Å². The van der Waals surface area contributed by atoms with Crippen LogP contribution in [-0.4, -0.2) is 37.9 Å². The maximum Gasteiger partial charge on any atom is 0.530 e. The van der Waals surface area contributed by atoms with E-state index in [2.05, 4.69) is 13.2 Å². The maximum atomic E-state index is 12.5. The number of phosphoric ester groups is 1. The van der Waals surface area contributed by atoms with Crippen LogP contribution < -0.4 is 9.47 Å². The van der Waals surface area contributed by atoms with Crippen LogP contribution in [0, 0.1) is 0 Å². The number of hydrogen-bond acceptors (Lipinski definition) is 11. The van der Waals surface area contributed by atoms with Crippen LogP contribution in [0.2, 0.25) is 0 Å². The number of phosphoric acid groups is 1. The largest absolute Gasteiger partial charge is 0.530 e. The summed E-state index contributed by atoms with van der Waals surface area (Å²) in [6.07, 6.45) is 0.0795. The van der Waals surface area contributed by atoms with Crippen molar-refractivity contribution in [3.05, 3.63) is 84.3 Å². The van der Waals surface area contributed by atoms with Gasteiger partial charge in [-0.2, -0.15) is 0 Å². The zero-order valence-electron chi connectivity index (χ0n) is 24.7. The summed E-state index contributed by atoms with van der Waals surface area (Å²) in [5.41, 5.74) is 1.31. The second kappa shape index (κ2) is 15.3. The van der Waals surface area contributed by atoms with Crippen LogP contribution in [0.3, 0.4) is 0 Å². The molecular weight excluding hydrogens is 586 g/mol. The summed E-state index contributed by atoms with van der Waals surface area (Å²) in [7, 11) is -7.45. The Bertz CT molecular complexity index is 1340. The first-order chi connectivity index (χ1) is 19.7. The van der Waals surface area contributed by atoms with Gasteiger partial charge in [0.25, 0.3) is 0 Å². The van der Waals surface area contributed by atoms with Crippen LogP contribution in [0.4, 0.5) is 0 Å². The fourth-order valence-electron chi connectivity index (χ4n) is 3.54. The minimum absolute atomic E-state index is 0.0492. The van der Waals surface area contributed by atoms with E-state index in [1.165, 1.54) is 0 Å². The summed E-state index contributed by atoms with van der Waals surface area (Å²) >= 11 is 0. The molecule has 2 rings (SSSR count). The highest BCUT2D eigenvalue weighted by Crippen LogP contribution is 2.51. The van der Waals surface area contributed by atoms with Gasteiger partial charge in [-0.1, -0.05) is 45.0 Å². The molecule has 0 N–H and O–H groups in total. The standard InChI is InChI=1S/C29H38O11P2/c1-9-34-41(32,12-4)39-21(5)27(30)37-25-17-13-23(14-18-25)29(7,8)24-15-19-26(20-16-24)38-28(31)22(6)40-42(33,35-10-2)36-11-3/h13-20H,5-6,9-12H2,1-4,7-8H3. The molecule has 0 heterocycles. The lowest BCUT2D eigenvalue weighted by atomic mass is 9.78. The van der Waals surface area contributed by atoms with Gasteiger partial charge in [-0.3, -0.25) is 9.05 Å². The molecule has 0 bridgehead atoms. The molecule has 0 aromatic heterocycles. The molecule has 2 aromatic carbocycles. The first kappa shape index (κ1) is 35.0. The monoisotopic (exact) mass is 624 g/mol. The highest BCUT2D eigenvalue weighted by molar-refractivity contribution is 7.54. The molecular formula is C29H38O11P2. The van der Waals surface area contributed by atoms with Crippen LogP contribution in [0.25, 0.3) is 0 Å². The Morgan fingerprint density at radius 2 is 1.05 bits per heavy atom. The molecule has 0 saturated carbocycles. The molecule has 1 unspecified atom stereocenters. The Balaban J connectivity index is 2.05. The molecule has 0 radical (unpaired) electrons. The lowest BCUT2D eigenvalue weighted by molar-refractivity contribution is -0.133. The van der Waals surface area contributed by atoms with Crippen LogP contribution >= 0.6 is 15.4 Å². The Hall–Kier alpha value is -3.20. The predicted octanol–water partition coefficient (Wildman–Crippen LogP) is 7.31. The van der Waals surface area contributed by atoms with Gasteiger partial charge in [-0.15, -0.1) is 0 Å². The van der Waals surface area contributed by atoms with E-state index in [1.807, 2.05) is 13.8 Å². The van der Waals surface area contributed by atoms with Crippen LogP contribution in [-0.2, 0) is 46.8 Å². The zero-order chi connectivity index (χ0) is 31.6. The van der Waals surface area contributed by atoms with E-state index in [9.17, 15) is 18.7 Å². The molecule has 230 valence electrons. The molecule has 0 fully saturated rings. The summed E-state index contributed by atoms with van der Waals surface area (Å²) in [4.78, 5) is 24.8. The maximum absolute atomic E-state index is 12.5. The average Bonchev–Trinajstić information content (AvgIpc) is 2.93. The number of carbonyl (C=O) groups excluding carboxylic acids is 2. The Morgan fingerprint density at radius 3 is 1.40 bits per heavy atom. The summed E-state index contributed by atoms with van der Waals surface area (Å²) in [5.74, 6) is -2.30. The molecule has 0 aliphatic carbocycles. The predicted molar refractivity (Wildman–Crippen MR) is 157 cm³/mol. The second-order valence-corrected chi connectivity index (χ2v) is 13.0. The Labute approximate surface area is 246 Å². The summed E-state index contributed by atoms with van der Waals surface area (Å²) in [5, 5.41) is 0. The first-order valence-electron chi connectivity index (χ1n) is 13.3. The minimum Gasteiger partial charge on any atom is -0.421 e. The van der Waals surface area contributed by atoms with Crippen molar-refractivity contribution in [2.75, 3.05) is 26.0 Å². The highest BCUT2D eigenvalue weighted by atomic mass is 31.2. The smallest absolute Gasteiger partial charge is 0.421 e. The SMILES string of the molecule is C=C(OP(=O)(CC)OCC)C(=O)Oc1ccc(C(C)(C)c2ccc(OC(=O)C(=C)OP(=O)(OCC)OCC)cc2)cc1. The van der Waals surface area contributed by atoms with E-state index < -0.39 is 44.3 Å². The highest BCUT2D eigenvalue weighted by Gasteiger charge is 2.31. The van der Waals surface area contributed by atoms with E-state index in [-0.39, 0.29) is 37.5 Å². The van der Waals surface area contributed by atoms with E-state index in [4.69, 9.17) is 32.1 Å². The van der Waals surface area contributed by atoms with Gasteiger partial charge in [0.2, 0.25) is 11.5 Å². The van der Waals surface area contributed by atoms with Gasteiger partial charge in [-0.25, -0.2) is 18.7 Å². The van der Waals surface area contributed by atoms with Gasteiger partial charge < -0.3 is 23.0 Å². The Morgan fingerprint density at radius 1 is 0.667 bits per heavy atom. The lowest BCUT2D eigenvalue weighted by Crippen LogP contribution is -2.19. The van der Waals surface area contributed by atoms with Gasteiger partial charge in [0.05, 0.1) is 26.0 Å². The number of esters is 2. The van der Waals surface area contributed by atoms with Gasteiger partial charge in [-0.05, 0) is 69.3 Å². The van der Waals surface area contributed by atoms with Crippen molar-refractivity contribution in [2.24, 2.45) is 0 Å². The van der Waals surface area contributed by atoms with Crippen molar-refractivity contribution < 1.29 is 50.8 Å². The lowest BCUT2D eigenvalue weighted by Gasteiger charge is -2.26. The third kappa shape index (κ3) is 9.68. The van der Waals surface area contributed by atoms with Gasteiger partial charge in [0.15, 0.2) is 0 Å². The van der Waals surface area contributed by atoms with Crippen molar-refractivity contribution in [3.63, 3.8) is 0 Å². The minimum atomic E-state index is -3.98. The number of rotatable bonds is 17. The summed E-state index contributed by atoms with van der Waals surface area (Å²) in [6.45, 7) is 17.7. The fourth-order valence-corrected chi connectivity index (χ4v) is 5.86. The molecule has 0 aliphatic heterocycles. The second-order valence-electron chi connectivity index (χ2n) is 9.11. The fraction of sp³-hybridized carbons (Fsp3) is 0.379. The molecule has 0 saturated heterocycles. The van der Waals surface area contributed by atoms with E-state index in [0.717, 1.165) is 11.1 Å². The van der Waals surface area contributed by atoms with Crippen molar-refractivity contribution in [2.45, 2.75) is 47.0 Å². The quantitative estimate of drug-likeness (QED) is 0.0576. The third-order valence-electron chi connectivity index (χ3n) is 5.79. The first-order valence-corrected chi connectivity index (χ1v) is 16.5. The summed E-state index contributed by atoms with van der Waals surface area (Å²) < 4.78 is 60.9. The molecule has 0 aliphatic rings. The normalized spacial score (nSPS) is 13.0. The number of ether oxygens (including phenoxy) is 2. The number of benzene rings is 2. The molecule has 1 atom stereocenters. The molecule has 13 heteroatoms. The molecule has 0 spiro atoms. The van der Waals surface area contributed by atoms with E-state index >= 15 is 0 Å². The van der Waals surface area contributed by atoms with Crippen molar-refractivity contribution >= 4 is 27.4 Å². The molecule has 42 heavy (non-hydrogen) atoms. The topological polar surface area (TPSA) is 133 Å². The van der Waals surface area contributed by atoms with Crippen LogP contribution in [0.1, 0.15) is 52.7 Å². The third-order valence-corrected chi connectivity index (χ3v) is 9.30.